The molecule has 4 aliphatic carbocycles. The van der Waals surface area contributed by atoms with Crippen molar-refractivity contribution in [1.29, 1.82) is 0 Å². The fourth-order valence-corrected chi connectivity index (χ4v) is 4.92. The standard InChI is InChI=1S/C17H26O4/c1-10(19)16(2,9-18)15(20)21-17(3)13-5-11-4-12(7-13)8-14(17)6-11/h11-14,18H,4-9H2,1-3H3. The smallest absolute Gasteiger partial charge is 0.322 e. The first-order valence-corrected chi connectivity index (χ1v) is 8.15. The zero-order valence-electron chi connectivity index (χ0n) is 13.2. The van der Waals surface area contributed by atoms with E-state index in [0.717, 1.165) is 37.5 Å². The monoisotopic (exact) mass is 294 g/mol. The third kappa shape index (κ3) is 2.14. The third-order valence-electron chi connectivity index (χ3n) is 6.62. The predicted molar refractivity (Wildman–Crippen MR) is 77.4 cm³/mol. The van der Waals surface area contributed by atoms with E-state index < -0.39 is 23.6 Å². The molecule has 21 heavy (non-hydrogen) atoms. The van der Waals surface area contributed by atoms with Crippen molar-refractivity contribution in [2.75, 3.05) is 6.61 Å². The molecule has 0 saturated heterocycles. The van der Waals surface area contributed by atoms with Crippen LogP contribution in [-0.4, -0.2) is 29.1 Å². The zero-order chi connectivity index (χ0) is 15.4. The average molecular weight is 294 g/mol. The molecule has 4 nitrogen and oxygen atoms in total. The molecule has 4 aliphatic rings. The number of carbonyl (C=O) groups is 2. The normalized spacial score (nSPS) is 43.4. The van der Waals surface area contributed by atoms with Crippen molar-refractivity contribution in [2.45, 2.75) is 58.5 Å². The van der Waals surface area contributed by atoms with E-state index in [9.17, 15) is 14.7 Å². The third-order valence-corrected chi connectivity index (χ3v) is 6.62. The Morgan fingerprint density at radius 1 is 1.14 bits per heavy atom. The van der Waals surface area contributed by atoms with Gasteiger partial charge in [0.1, 0.15) is 16.8 Å². The van der Waals surface area contributed by atoms with Crippen LogP contribution in [0.25, 0.3) is 0 Å². The SMILES string of the molecule is CC(=O)C(C)(CO)C(=O)OC1(C)C2CC3CC(C2)CC1C3. The molecular formula is C17H26O4. The van der Waals surface area contributed by atoms with Gasteiger partial charge in [-0.3, -0.25) is 9.59 Å². The molecule has 0 aromatic rings. The maximum absolute atomic E-state index is 12.5. The molecule has 4 heteroatoms. The number of hydrogen-bond donors (Lipinski definition) is 1. The number of aliphatic hydroxyl groups is 1. The van der Waals surface area contributed by atoms with Gasteiger partial charge in [0.05, 0.1) is 6.61 Å². The van der Waals surface area contributed by atoms with Gasteiger partial charge < -0.3 is 9.84 Å². The second-order valence-corrected chi connectivity index (χ2v) is 7.92. The van der Waals surface area contributed by atoms with Gasteiger partial charge in [-0.15, -0.1) is 0 Å². The van der Waals surface area contributed by atoms with E-state index >= 15 is 0 Å². The Balaban J connectivity index is 1.81. The summed E-state index contributed by atoms with van der Waals surface area (Å²) in [5, 5.41) is 9.47. The summed E-state index contributed by atoms with van der Waals surface area (Å²) in [4.78, 5) is 24.3. The first kappa shape index (κ1) is 15.0. The lowest BCUT2D eigenvalue weighted by Gasteiger charge is -2.59. The molecule has 0 amide bonds. The molecule has 0 aliphatic heterocycles. The van der Waals surface area contributed by atoms with E-state index in [1.54, 1.807) is 0 Å². The van der Waals surface area contributed by atoms with E-state index in [1.807, 2.05) is 0 Å². The quantitative estimate of drug-likeness (QED) is 0.638. The molecule has 4 saturated carbocycles. The fourth-order valence-electron chi connectivity index (χ4n) is 4.92. The maximum atomic E-state index is 12.5. The van der Waals surface area contributed by atoms with E-state index in [4.69, 9.17) is 4.74 Å². The van der Waals surface area contributed by atoms with Gasteiger partial charge in [-0.05, 0) is 76.5 Å². The molecule has 4 fully saturated rings. The van der Waals surface area contributed by atoms with Gasteiger partial charge in [0.2, 0.25) is 0 Å². The van der Waals surface area contributed by atoms with Gasteiger partial charge in [0, 0.05) is 0 Å². The Morgan fingerprint density at radius 3 is 2.00 bits per heavy atom. The lowest BCUT2D eigenvalue weighted by molar-refractivity contribution is -0.212. The van der Waals surface area contributed by atoms with E-state index in [1.165, 1.54) is 20.3 Å². The molecule has 0 aromatic carbocycles. The summed E-state index contributed by atoms with van der Waals surface area (Å²) in [5.74, 6) is 1.57. The highest BCUT2D eigenvalue weighted by Crippen LogP contribution is 2.59. The molecular weight excluding hydrogens is 268 g/mol. The topological polar surface area (TPSA) is 63.6 Å². The lowest BCUT2D eigenvalue weighted by atomic mass is 9.50. The molecule has 0 spiro atoms. The molecule has 0 aromatic heterocycles. The minimum absolute atomic E-state index is 0.331. The Labute approximate surface area is 126 Å². The number of hydrogen-bond acceptors (Lipinski definition) is 4. The van der Waals surface area contributed by atoms with Gasteiger partial charge in [-0.1, -0.05) is 0 Å². The summed E-state index contributed by atoms with van der Waals surface area (Å²) >= 11 is 0. The molecule has 0 radical (unpaired) electrons. The van der Waals surface area contributed by atoms with Crippen molar-refractivity contribution in [1.82, 2.24) is 0 Å². The van der Waals surface area contributed by atoms with Crippen LogP contribution in [0.3, 0.4) is 0 Å². The van der Waals surface area contributed by atoms with Crippen LogP contribution >= 0.6 is 0 Å². The first-order chi connectivity index (χ1) is 9.79. The molecule has 4 rings (SSSR count). The van der Waals surface area contributed by atoms with Crippen LogP contribution in [0.15, 0.2) is 0 Å². The highest BCUT2D eigenvalue weighted by molar-refractivity contribution is 6.02. The largest absolute Gasteiger partial charge is 0.458 e. The second kappa shape index (κ2) is 4.80. The van der Waals surface area contributed by atoms with Crippen LogP contribution in [0.5, 0.6) is 0 Å². The fraction of sp³-hybridized carbons (Fsp3) is 0.882. The minimum Gasteiger partial charge on any atom is -0.458 e. The number of rotatable bonds is 4. The van der Waals surface area contributed by atoms with Crippen molar-refractivity contribution < 1.29 is 19.4 Å². The molecule has 1 unspecified atom stereocenters. The van der Waals surface area contributed by atoms with Crippen LogP contribution < -0.4 is 0 Å². The number of carbonyl (C=O) groups excluding carboxylic acids is 2. The first-order valence-electron chi connectivity index (χ1n) is 8.15. The molecule has 4 bridgehead atoms. The van der Waals surface area contributed by atoms with Gasteiger partial charge >= 0.3 is 5.97 Å². The predicted octanol–water partition coefficient (Wildman–Crippen LogP) is 2.33. The van der Waals surface area contributed by atoms with Crippen LogP contribution in [-0.2, 0) is 14.3 Å². The summed E-state index contributed by atoms with van der Waals surface area (Å²) in [7, 11) is 0. The Hall–Kier alpha value is -0.900. The van der Waals surface area contributed by atoms with E-state index in [0.29, 0.717) is 11.8 Å². The van der Waals surface area contributed by atoms with Crippen LogP contribution in [0, 0.1) is 29.1 Å². The van der Waals surface area contributed by atoms with Gasteiger partial charge in [-0.25, -0.2) is 0 Å². The number of aliphatic hydroxyl groups excluding tert-OH is 1. The molecule has 1 atom stereocenters. The van der Waals surface area contributed by atoms with E-state index in [-0.39, 0.29) is 5.78 Å². The van der Waals surface area contributed by atoms with Gasteiger partial charge in [0.15, 0.2) is 0 Å². The van der Waals surface area contributed by atoms with Crippen molar-refractivity contribution in [3.05, 3.63) is 0 Å². The number of esters is 1. The Kier molecular flexibility index (Phi) is 3.43. The zero-order valence-corrected chi connectivity index (χ0v) is 13.2. The Morgan fingerprint density at radius 2 is 1.62 bits per heavy atom. The number of ether oxygens (including phenoxy) is 1. The van der Waals surface area contributed by atoms with Crippen molar-refractivity contribution >= 4 is 11.8 Å². The highest BCUT2D eigenvalue weighted by atomic mass is 16.6. The second-order valence-electron chi connectivity index (χ2n) is 7.92. The van der Waals surface area contributed by atoms with Crippen LogP contribution in [0.1, 0.15) is 52.9 Å². The average Bonchev–Trinajstić information content (AvgIpc) is 2.43. The summed E-state index contributed by atoms with van der Waals surface area (Å²) in [6, 6.07) is 0. The van der Waals surface area contributed by atoms with Crippen molar-refractivity contribution in [2.24, 2.45) is 29.1 Å². The molecule has 1 N–H and O–H groups in total. The molecule has 118 valence electrons. The summed E-state index contributed by atoms with van der Waals surface area (Å²) < 4.78 is 5.91. The van der Waals surface area contributed by atoms with Crippen molar-refractivity contribution in [3.63, 3.8) is 0 Å². The lowest BCUT2D eigenvalue weighted by Crippen LogP contribution is -2.59. The Bertz CT molecular complexity index is 441. The minimum atomic E-state index is -1.42. The van der Waals surface area contributed by atoms with Gasteiger partial charge in [-0.2, -0.15) is 0 Å². The van der Waals surface area contributed by atoms with Gasteiger partial charge in [0.25, 0.3) is 0 Å². The number of ketones is 1. The maximum Gasteiger partial charge on any atom is 0.322 e. The summed E-state index contributed by atoms with van der Waals surface area (Å²) in [6.07, 6.45) is 5.93. The van der Waals surface area contributed by atoms with Crippen LogP contribution in [0.2, 0.25) is 0 Å². The summed E-state index contributed by atoms with van der Waals surface area (Å²) in [6.45, 7) is 4.39. The van der Waals surface area contributed by atoms with E-state index in [2.05, 4.69) is 6.92 Å². The molecule has 0 heterocycles. The summed E-state index contributed by atoms with van der Waals surface area (Å²) in [5.41, 5.74) is -1.87. The van der Waals surface area contributed by atoms with Crippen LogP contribution in [0.4, 0.5) is 0 Å². The van der Waals surface area contributed by atoms with Crippen molar-refractivity contribution in [3.8, 4) is 0 Å². The highest BCUT2D eigenvalue weighted by Gasteiger charge is 2.58. The number of Topliss-reactive ketones (excluding diaryl/α,β-unsaturated/α-hetero) is 1.